The summed E-state index contributed by atoms with van der Waals surface area (Å²) in [6, 6.07) is -0.576. The van der Waals surface area contributed by atoms with Crippen molar-refractivity contribution in [1.82, 2.24) is 14.5 Å². The zero-order valence-corrected chi connectivity index (χ0v) is 13.2. The van der Waals surface area contributed by atoms with Crippen LogP contribution < -0.4 is 5.32 Å². The molecule has 0 aromatic rings. The molecule has 21 heavy (non-hydrogen) atoms. The minimum Gasteiger partial charge on any atom is -0.355 e. The van der Waals surface area contributed by atoms with Crippen molar-refractivity contribution in [2.45, 2.75) is 38.1 Å². The topological polar surface area (TPSA) is 86.8 Å². The minimum absolute atomic E-state index is 0.181. The third kappa shape index (κ3) is 4.16. The summed E-state index contributed by atoms with van der Waals surface area (Å²) in [5.74, 6) is -0.0500. The highest BCUT2D eigenvalue weighted by Crippen LogP contribution is 2.20. The highest BCUT2D eigenvalue weighted by atomic mass is 32.2. The third-order valence-corrected chi connectivity index (χ3v) is 5.30. The van der Waals surface area contributed by atoms with Gasteiger partial charge < -0.3 is 10.2 Å². The molecule has 0 aromatic carbocycles. The van der Waals surface area contributed by atoms with Crippen LogP contribution in [0.15, 0.2) is 0 Å². The average Bonchev–Trinajstić information content (AvgIpc) is 3.02. The summed E-state index contributed by atoms with van der Waals surface area (Å²) < 4.78 is 24.5. The standard InChI is InChI=1S/C13H23N3O4S/c1-21(19,20)16-10-2-5-11(16)13(18)14-7-4-9-15-8-3-6-12(15)17/h11H,2-10H2,1H3,(H,14,18). The SMILES string of the molecule is CS(=O)(=O)N1CCCC1C(=O)NCCCN1CCCC1=O. The predicted molar refractivity (Wildman–Crippen MR) is 78.0 cm³/mol. The van der Waals surface area contributed by atoms with E-state index in [1.807, 2.05) is 4.90 Å². The molecular formula is C13H23N3O4S. The molecule has 2 saturated heterocycles. The molecule has 0 aromatic heterocycles. The van der Waals surface area contributed by atoms with Crippen molar-refractivity contribution in [3.05, 3.63) is 0 Å². The smallest absolute Gasteiger partial charge is 0.238 e. The third-order valence-electron chi connectivity index (χ3n) is 4.01. The van der Waals surface area contributed by atoms with Gasteiger partial charge in [0.2, 0.25) is 21.8 Å². The zero-order valence-electron chi connectivity index (χ0n) is 12.4. The summed E-state index contributed by atoms with van der Waals surface area (Å²) in [5, 5.41) is 2.78. The number of likely N-dealkylation sites (tertiary alicyclic amines) is 1. The molecule has 120 valence electrons. The molecular weight excluding hydrogens is 294 g/mol. The van der Waals surface area contributed by atoms with Crippen LogP contribution in [-0.4, -0.2) is 67.9 Å². The van der Waals surface area contributed by atoms with Crippen molar-refractivity contribution in [1.29, 1.82) is 0 Å². The molecule has 7 nitrogen and oxygen atoms in total. The quantitative estimate of drug-likeness (QED) is 0.672. The van der Waals surface area contributed by atoms with Gasteiger partial charge in [-0.05, 0) is 25.7 Å². The van der Waals surface area contributed by atoms with Gasteiger partial charge in [0, 0.05) is 32.6 Å². The van der Waals surface area contributed by atoms with Gasteiger partial charge in [-0.25, -0.2) is 8.42 Å². The van der Waals surface area contributed by atoms with Crippen LogP contribution in [0.25, 0.3) is 0 Å². The fourth-order valence-corrected chi connectivity index (χ4v) is 4.06. The lowest BCUT2D eigenvalue weighted by Gasteiger charge is -2.21. The average molecular weight is 317 g/mol. The molecule has 2 aliphatic rings. The summed E-state index contributed by atoms with van der Waals surface area (Å²) in [6.07, 6.45) is 4.66. The Morgan fingerprint density at radius 3 is 2.71 bits per heavy atom. The van der Waals surface area contributed by atoms with Crippen molar-refractivity contribution < 1.29 is 18.0 Å². The molecule has 1 unspecified atom stereocenters. The van der Waals surface area contributed by atoms with Gasteiger partial charge in [0.15, 0.2) is 0 Å². The zero-order chi connectivity index (χ0) is 15.5. The Bertz CT molecular complexity index is 506. The summed E-state index contributed by atoms with van der Waals surface area (Å²) in [4.78, 5) is 25.3. The van der Waals surface area contributed by atoms with Crippen molar-refractivity contribution >= 4 is 21.8 Å². The van der Waals surface area contributed by atoms with Crippen LogP contribution in [0.1, 0.15) is 32.1 Å². The van der Waals surface area contributed by atoms with Gasteiger partial charge in [0.1, 0.15) is 6.04 Å². The van der Waals surface area contributed by atoms with Gasteiger partial charge in [0.05, 0.1) is 6.26 Å². The Labute approximate surface area is 125 Å². The molecule has 2 amide bonds. The molecule has 1 N–H and O–H groups in total. The lowest BCUT2D eigenvalue weighted by atomic mass is 10.2. The Balaban J connectivity index is 1.73. The molecule has 2 fully saturated rings. The van der Waals surface area contributed by atoms with Crippen molar-refractivity contribution in [2.24, 2.45) is 0 Å². The van der Waals surface area contributed by atoms with Crippen LogP contribution in [-0.2, 0) is 19.6 Å². The van der Waals surface area contributed by atoms with E-state index in [9.17, 15) is 18.0 Å². The fourth-order valence-electron chi connectivity index (χ4n) is 2.94. The normalized spacial score (nSPS) is 23.8. The van der Waals surface area contributed by atoms with Gasteiger partial charge in [-0.3, -0.25) is 9.59 Å². The number of carbonyl (C=O) groups excluding carboxylic acids is 2. The number of sulfonamides is 1. The molecule has 2 aliphatic heterocycles. The number of hydrogen-bond donors (Lipinski definition) is 1. The van der Waals surface area contributed by atoms with Gasteiger partial charge in [-0.1, -0.05) is 0 Å². The van der Waals surface area contributed by atoms with E-state index in [1.165, 1.54) is 4.31 Å². The molecule has 0 spiro atoms. The molecule has 0 radical (unpaired) electrons. The Kier molecular flexibility index (Phi) is 5.21. The first-order valence-corrected chi connectivity index (χ1v) is 9.27. The van der Waals surface area contributed by atoms with Crippen LogP contribution in [0.5, 0.6) is 0 Å². The Morgan fingerprint density at radius 2 is 2.10 bits per heavy atom. The predicted octanol–water partition coefficient (Wildman–Crippen LogP) is -0.461. The van der Waals surface area contributed by atoms with E-state index in [0.29, 0.717) is 45.3 Å². The number of rotatable bonds is 6. The monoisotopic (exact) mass is 317 g/mol. The molecule has 1 atom stereocenters. The molecule has 0 bridgehead atoms. The summed E-state index contributed by atoms with van der Waals surface area (Å²) in [5.41, 5.74) is 0. The van der Waals surface area contributed by atoms with E-state index in [-0.39, 0.29) is 11.8 Å². The number of nitrogens with one attached hydrogen (secondary N) is 1. The van der Waals surface area contributed by atoms with Gasteiger partial charge in [-0.15, -0.1) is 0 Å². The lowest BCUT2D eigenvalue weighted by molar-refractivity contribution is -0.127. The summed E-state index contributed by atoms with van der Waals surface area (Å²) in [7, 11) is -3.33. The van der Waals surface area contributed by atoms with Crippen LogP contribution in [0, 0.1) is 0 Å². The maximum absolute atomic E-state index is 12.1. The largest absolute Gasteiger partial charge is 0.355 e. The molecule has 2 rings (SSSR count). The Morgan fingerprint density at radius 1 is 1.33 bits per heavy atom. The molecule has 0 saturated carbocycles. The van der Waals surface area contributed by atoms with Crippen molar-refractivity contribution in [2.75, 3.05) is 32.4 Å². The van der Waals surface area contributed by atoms with Gasteiger partial charge in [-0.2, -0.15) is 4.31 Å². The second kappa shape index (κ2) is 6.74. The van der Waals surface area contributed by atoms with Crippen molar-refractivity contribution in [3.63, 3.8) is 0 Å². The van der Waals surface area contributed by atoms with E-state index in [2.05, 4.69) is 5.32 Å². The van der Waals surface area contributed by atoms with Crippen molar-refractivity contribution in [3.8, 4) is 0 Å². The van der Waals surface area contributed by atoms with Gasteiger partial charge >= 0.3 is 0 Å². The van der Waals surface area contributed by atoms with E-state index in [0.717, 1.165) is 19.2 Å². The first-order valence-electron chi connectivity index (χ1n) is 7.42. The highest BCUT2D eigenvalue weighted by molar-refractivity contribution is 7.88. The highest BCUT2D eigenvalue weighted by Gasteiger charge is 2.36. The second-order valence-corrected chi connectivity index (χ2v) is 7.60. The van der Waals surface area contributed by atoms with Crippen LogP contribution in [0.2, 0.25) is 0 Å². The van der Waals surface area contributed by atoms with E-state index in [1.54, 1.807) is 0 Å². The number of amides is 2. The first kappa shape index (κ1) is 16.2. The maximum Gasteiger partial charge on any atom is 0.238 e. The van der Waals surface area contributed by atoms with E-state index >= 15 is 0 Å². The molecule has 2 heterocycles. The van der Waals surface area contributed by atoms with Crippen LogP contribution in [0.4, 0.5) is 0 Å². The minimum atomic E-state index is -3.33. The van der Waals surface area contributed by atoms with E-state index in [4.69, 9.17) is 0 Å². The molecule has 8 heteroatoms. The maximum atomic E-state index is 12.1. The second-order valence-electron chi connectivity index (χ2n) is 5.66. The van der Waals surface area contributed by atoms with Crippen LogP contribution >= 0.6 is 0 Å². The van der Waals surface area contributed by atoms with Crippen LogP contribution in [0.3, 0.4) is 0 Å². The molecule has 0 aliphatic carbocycles. The van der Waals surface area contributed by atoms with Gasteiger partial charge in [0.25, 0.3) is 0 Å². The summed E-state index contributed by atoms with van der Waals surface area (Å²) >= 11 is 0. The Hall–Kier alpha value is -1.15. The summed E-state index contributed by atoms with van der Waals surface area (Å²) in [6.45, 7) is 2.34. The first-order chi connectivity index (χ1) is 9.89. The number of carbonyl (C=O) groups is 2. The van der Waals surface area contributed by atoms with E-state index < -0.39 is 16.1 Å². The fraction of sp³-hybridized carbons (Fsp3) is 0.846. The number of hydrogen-bond acceptors (Lipinski definition) is 4. The number of nitrogens with zero attached hydrogens (tertiary/aromatic N) is 2. The lowest BCUT2D eigenvalue weighted by Crippen LogP contribution is -2.46.